The lowest BCUT2D eigenvalue weighted by atomic mass is 10.3. The highest BCUT2D eigenvalue weighted by Gasteiger charge is 2.05. The normalized spacial score (nSPS) is 37.8. The molecule has 0 saturated carbocycles. The lowest BCUT2D eigenvalue weighted by molar-refractivity contribution is 0.672. The zero-order valence-electron chi connectivity index (χ0n) is 5.56. The molecule has 2 nitrogen and oxygen atoms in total. The van der Waals surface area contributed by atoms with E-state index < -0.39 is 9.71 Å². The van der Waals surface area contributed by atoms with Gasteiger partial charge < -0.3 is 0 Å². The summed E-state index contributed by atoms with van der Waals surface area (Å²) in [4.78, 5) is 0. The Labute approximate surface area is 56.8 Å². The van der Waals surface area contributed by atoms with Gasteiger partial charge >= 0.3 is 0 Å². The highest BCUT2D eigenvalue weighted by atomic mass is 32.2. The number of hydrogen-bond donors (Lipinski definition) is 1. The van der Waals surface area contributed by atoms with Crippen LogP contribution >= 0.6 is 0 Å². The molecule has 0 aromatic heterocycles. The van der Waals surface area contributed by atoms with Crippen molar-refractivity contribution in [2.24, 2.45) is 0 Å². The van der Waals surface area contributed by atoms with Crippen LogP contribution in [0.25, 0.3) is 0 Å². The summed E-state index contributed by atoms with van der Waals surface area (Å²) in [6.45, 7) is 0.877. The minimum Gasteiger partial charge on any atom is -0.253 e. The molecule has 54 valence electrons. The summed E-state index contributed by atoms with van der Waals surface area (Å²) < 4.78 is 14.1. The summed E-state index contributed by atoms with van der Waals surface area (Å²) in [6.07, 6.45) is 3.40. The highest BCUT2D eigenvalue weighted by molar-refractivity contribution is 7.98. The maximum absolute atomic E-state index is 11.2. The first-order valence-electron chi connectivity index (χ1n) is 3.30. The van der Waals surface area contributed by atoms with Gasteiger partial charge in [-0.3, -0.25) is 4.21 Å². The van der Waals surface area contributed by atoms with Crippen LogP contribution in [0.15, 0.2) is 0 Å². The van der Waals surface area contributed by atoms with Crippen molar-refractivity contribution in [3.8, 4) is 0 Å². The summed E-state index contributed by atoms with van der Waals surface area (Å²) in [5.41, 5.74) is 0. The van der Waals surface area contributed by atoms with E-state index in [0.29, 0.717) is 0 Å². The van der Waals surface area contributed by atoms with E-state index in [9.17, 15) is 4.21 Å². The minimum absolute atomic E-state index is 0.757. The van der Waals surface area contributed by atoms with Crippen LogP contribution in [-0.4, -0.2) is 22.4 Å². The molecule has 1 unspecified atom stereocenters. The van der Waals surface area contributed by atoms with E-state index in [-0.39, 0.29) is 0 Å². The largest absolute Gasteiger partial charge is 0.253 e. The van der Waals surface area contributed by atoms with Crippen molar-refractivity contribution in [2.75, 3.05) is 12.3 Å². The van der Waals surface area contributed by atoms with E-state index in [4.69, 9.17) is 0 Å². The Hall–Kier alpha value is -0.0200. The predicted octanol–water partition coefficient (Wildman–Crippen LogP) is 0.391. The van der Waals surface area contributed by atoms with E-state index in [2.05, 4.69) is 10.6 Å². The minimum atomic E-state index is -1.87. The van der Waals surface area contributed by atoms with Gasteiger partial charge in [-0.2, -0.15) is 0 Å². The van der Waals surface area contributed by atoms with Crippen LogP contribution in [0.4, 0.5) is 0 Å². The molecule has 1 saturated heterocycles. The second-order valence-electron chi connectivity index (χ2n) is 2.47. The summed E-state index contributed by atoms with van der Waals surface area (Å²) in [6, 6.07) is 0. The maximum Gasteiger partial charge on any atom is 0.0289 e. The van der Waals surface area contributed by atoms with Crippen LogP contribution in [0.3, 0.4) is 0 Å². The van der Waals surface area contributed by atoms with E-state index >= 15 is 0 Å². The van der Waals surface area contributed by atoms with Gasteiger partial charge in [-0.05, 0) is 18.7 Å². The molecule has 1 N–H and O–H groups in total. The Morgan fingerprint density at radius 2 is 2.11 bits per heavy atom. The fourth-order valence-electron chi connectivity index (χ4n) is 0.967. The molecule has 1 rings (SSSR count). The smallest absolute Gasteiger partial charge is 0.0289 e. The number of nitrogens with one attached hydrogen (secondary N) is 1. The van der Waals surface area contributed by atoms with Gasteiger partial charge in [0, 0.05) is 22.0 Å². The van der Waals surface area contributed by atoms with Crippen molar-refractivity contribution in [3.63, 3.8) is 0 Å². The van der Waals surface area contributed by atoms with Gasteiger partial charge in [0.05, 0.1) is 0 Å². The molecule has 1 fully saturated rings. The second kappa shape index (κ2) is 2.71. The quantitative estimate of drug-likeness (QED) is 0.493. The highest BCUT2D eigenvalue weighted by Crippen LogP contribution is 2.02. The molecule has 0 spiro atoms. The third-order valence-corrected chi connectivity index (χ3v) is 3.19. The van der Waals surface area contributed by atoms with Crippen molar-refractivity contribution in [1.29, 1.82) is 0 Å². The molecule has 0 aromatic rings. The lowest BCUT2D eigenvalue weighted by Gasteiger charge is -2.03. The van der Waals surface area contributed by atoms with Crippen LogP contribution < -0.4 is 4.72 Å². The first kappa shape index (κ1) is 7.09. The molecule has 0 amide bonds. The van der Waals surface area contributed by atoms with Crippen LogP contribution in [-0.2, 0) is 9.71 Å². The van der Waals surface area contributed by atoms with Gasteiger partial charge in [-0.15, -0.1) is 0 Å². The average Bonchev–Trinajstić information content (AvgIpc) is 1.92. The Kier molecular flexibility index (Phi) is 2.13. The van der Waals surface area contributed by atoms with Gasteiger partial charge in [-0.1, -0.05) is 6.42 Å². The molecule has 1 aliphatic rings. The predicted molar refractivity (Wildman–Crippen MR) is 42.0 cm³/mol. The average molecular weight is 147 g/mol. The third-order valence-electron chi connectivity index (χ3n) is 1.52. The van der Waals surface area contributed by atoms with Crippen LogP contribution in [0, 0.1) is 0 Å². The fourth-order valence-corrected chi connectivity index (χ4v) is 2.30. The first-order valence-corrected chi connectivity index (χ1v) is 5.20. The summed E-state index contributed by atoms with van der Waals surface area (Å²) in [5, 5.41) is 0. The van der Waals surface area contributed by atoms with Crippen molar-refractivity contribution >= 4 is 15.6 Å². The van der Waals surface area contributed by atoms with Crippen molar-refractivity contribution < 1.29 is 4.21 Å². The summed E-state index contributed by atoms with van der Waals surface area (Å²) >= 11 is 0. The molecular formula is C6H13NOS. The van der Waals surface area contributed by atoms with E-state index in [1.54, 1.807) is 0 Å². The van der Waals surface area contributed by atoms with Crippen LogP contribution in [0.1, 0.15) is 19.3 Å². The molecule has 1 aliphatic heterocycles. The molecule has 3 heteroatoms. The standard InChI is InChI=1S/C6H13NOS/c1-9(8)6-4-2-3-5-7-9/h1-6H2,(H,7,8). The molecule has 0 bridgehead atoms. The number of hydrogen-bond acceptors (Lipinski definition) is 1. The number of rotatable bonds is 0. The lowest BCUT2D eigenvalue weighted by Crippen LogP contribution is -2.24. The Morgan fingerprint density at radius 3 is 2.89 bits per heavy atom. The fraction of sp³-hybridized carbons (Fsp3) is 0.833. The van der Waals surface area contributed by atoms with E-state index in [0.717, 1.165) is 25.1 Å². The molecule has 1 atom stereocenters. The van der Waals surface area contributed by atoms with E-state index in [1.165, 1.54) is 6.42 Å². The zero-order valence-corrected chi connectivity index (χ0v) is 6.38. The van der Waals surface area contributed by atoms with E-state index in [1.807, 2.05) is 0 Å². The van der Waals surface area contributed by atoms with Gasteiger partial charge in [-0.25, -0.2) is 4.72 Å². The first-order chi connectivity index (χ1) is 4.21. The van der Waals surface area contributed by atoms with Crippen LogP contribution in [0.2, 0.25) is 0 Å². The summed E-state index contributed by atoms with van der Waals surface area (Å²) in [7, 11) is -1.87. The van der Waals surface area contributed by atoms with Crippen molar-refractivity contribution in [2.45, 2.75) is 19.3 Å². The molecule has 0 aliphatic carbocycles. The Bertz CT molecular complexity index is 157. The topological polar surface area (TPSA) is 29.1 Å². The van der Waals surface area contributed by atoms with Crippen LogP contribution in [0.5, 0.6) is 0 Å². The van der Waals surface area contributed by atoms with Gasteiger partial charge in [0.25, 0.3) is 0 Å². The zero-order chi connectivity index (χ0) is 6.74. The van der Waals surface area contributed by atoms with Gasteiger partial charge in [0.15, 0.2) is 0 Å². The summed E-state index contributed by atoms with van der Waals surface area (Å²) in [5.74, 6) is 4.36. The van der Waals surface area contributed by atoms with Gasteiger partial charge in [0.2, 0.25) is 0 Å². The molecule has 0 aromatic carbocycles. The maximum atomic E-state index is 11.2. The third kappa shape index (κ3) is 2.37. The molecule has 9 heavy (non-hydrogen) atoms. The molecular weight excluding hydrogens is 134 g/mol. The Morgan fingerprint density at radius 1 is 1.33 bits per heavy atom. The van der Waals surface area contributed by atoms with Gasteiger partial charge in [0.1, 0.15) is 0 Å². The SMILES string of the molecule is C=S1(=O)CCCCCN1. The molecule has 1 heterocycles. The Balaban J connectivity index is 2.56. The second-order valence-corrected chi connectivity index (χ2v) is 4.79. The van der Waals surface area contributed by atoms with Crippen molar-refractivity contribution in [3.05, 3.63) is 0 Å². The van der Waals surface area contributed by atoms with Crippen molar-refractivity contribution in [1.82, 2.24) is 4.72 Å². The molecule has 0 radical (unpaired) electrons. The monoisotopic (exact) mass is 147 g/mol.